The summed E-state index contributed by atoms with van der Waals surface area (Å²) < 4.78 is 2.41. The fourth-order valence-electron chi connectivity index (χ4n) is 3.93. The average molecular weight is 305 g/mol. The molecule has 0 amide bonds. The van der Waals surface area contributed by atoms with Crippen LogP contribution in [0.25, 0.3) is 11.0 Å². The molecule has 3 heteroatoms. The van der Waals surface area contributed by atoms with E-state index in [1.165, 1.54) is 23.9 Å². The standard InChI is InChI=1S/C20H23N3/c1-16-22-18-9-5-6-10-19(18)23(16)15-20(11-13-21-14-12-20)17-7-3-2-4-8-17/h2-10,21H,11-15H2,1H3. The van der Waals surface area contributed by atoms with Crippen molar-refractivity contribution in [2.75, 3.05) is 13.1 Å². The highest BCUT2D eigenvalue weighted by Gasteiger charge is 2.35. The topological polar surface area (TPSA) is 29.9 Å². The number of fused-ring (bicyclic) bond motifs is 1. The molecule has 2 heterocycles. The van der Waals surface area contributed by atoms with Crippen molar-refractivity contribution < 1.29 is 0 Å². The Hall–Kier alpha value is -2.13. The number of piperidine rings is 1. The predicted molar refractivity (Wildman–Crippen MR) is 94.7 cm³/mol. The van der Waals surface area contributed by atoms with Gasteiger partial charge in [0, 0.05) is 12.0 Å². The largest absolute Gasteiger partial charge is 0.327 e. The fourth-order valence-corrected chi connectivity index (χ4v) is 3.93. The van der Waals surface area contributed by atoms with Gasteiger partial charge in [-0.3, -0.25) is 0 Å². The van der Waals surface area contributed by atoms with Crippen molar-refractivity contribution in [3.05, 3.63) is 66.0 Å². The van der Waals surface area contributed by atoms with Crippen LogP contribution >= 0.6 is 0 Å². The molecule has 0 aliphatic carbocycles. The first kappa shape index (κ1) is 14.5. The smallest absolute Gasteiger partial charge is 0.106 e. The summed E-state index contributed by atoms with van der Waals surface area (Å²) in [6, 6.07) is 19.5. The van der Waals surface area contributed by atoms with Gasteiger partial charge in [-0.25, -0.2) is 4.98 Å². The Morgan fingerprint density at radius 3 is 2.48 bits per heavy atom. The van der Waals surface area contributed by atoms with Crippen LogP contribution in [0.1, 0.15) is 24.2 Å². The van der Waals surface area contributed by atoms with Gasteiger partial charge in [-0.1, -0.05) is 42.5 Å². The van der Waals surface area contributed by atoms with Crippen molar-refractivity contribution in [3.8, 4) is 0 Å². The Bertz CT molecular complexity index is 798. The lowest BCUT2D eigenvalue weighted by Gasteiger charge is -2.39. The van der Waals surface area contributed by atoms with E-state index in [1.807, 2.05) is 0 Å². The highest BCUT2D eigenvalue weighted by molar-refractivity contribution is 5.75. The lowest BCUT2D eigenvalue weighted by atomic mass is 9.73. The Balaban J connectivity index is 1.80. The molecule has 23 heavy (non-hydrogen) atoms. The van der Waals surface area contributed by atoms with Crippen LogP contribution < -0.4 is 5.32 Å². The average Bonchev–Trinajstić information content (AvgIpc) is 2.92. The van der Waals surface area contributed by atoms with Gasteiger partial charge in [0.25, 0.3) is 0 Å². The van der Waals surface area contributed by atoms with Gasteiger partial charge in [-0.15, -0.1) is 0 Å². The minimum absolute atomic E-state index is 0.195. The highest BCUT2D eigenvalue weighted by atomic mass is 15.1. The van der Waals surface area contributed by atoms with Crippen molar-refractivity contribution in [2.24, 2.45) is 0 Å². The van der Waals surface area contributed by atoms with Crippen molar-refractivity contribution in [3.63, 3.8) is 0 Å². The van der Waals surface area contributed by atoms with E-state index >= 15 is 0 Å². The van der Waals surface area contributed by atoms with E-state index in [9.17, 15) is 0 Å². The van der Waals surface area contributed by atoms with Crippen LogP contribution in [0, 0.1) is 6.92 Å². The maximum Gasteiger partial charge on any atom is 0.106 e. The van der Waals surface area contributed by atoms with Crippen LogP contribution in [-0.2, 0) is 12.0 Å². The van der Waals surface area contributed by atoms with Gasteiger partial charge < -0.3 is 9.88 Å². The molecule has 1 aliphatic rings. The first-order valence-electron chi connectivity index (χ1n) is 8.47. The van der Waals surface area contributed by atoms with Crippen LogP contribution in [0.3, 0.4) is 0 Å². The summed E-state index contributed by atoms with van der Waals surface area (Å²) in [6.45, 7) is 5.30. The van der Waals surface area contributed by atoms with E-state index in [2.05, 4.69) is 71.4 Å². The van der Waals surface area contributed by atoms with Crippen LogP contribution in [0.5, 0.6) is 0 Å². The van der Waals surface area contributed by atoms with Crippen LogP contribution in [0.4, 0.5) is 0 Å². The van der Waals surface area contributed by atoms with Gasteiger partial charge in [-0.2, -0.15) is 0 Å². The summed E-state index contributed by atoms with van der Waals surface area (Å²) in [5.41, 5.74) is 4.00. The zero-order valence-electron chi connectivity index (χ0n) is 13.6. The number of hydrogen-bond donors (Lipinski definition) is 1. The number of para-hydroxylation sites is 2. The second-order valence-electron chi connectivity index (χ2n) is 6.63. The normalized spacial score (nSPS) is 17.4. The Labute approximate surface area is 137 Å². The molecule has 0 bridgehead atoms. The minimum Gasteiger partial charge on any atom is -0.327 e. The van der Waals surface area contributed by atoms with E-state index in [1.54, 1.807) is 0 Å². The number of aryl methyl sites for hydroxylation is 1. The maximum absolute atomic E-state index is 4.75. The SMILES string of the molecule is Cc1nc2ccccc2n1CC1(c2ccccc2)CCNCC1. The second-order valence-corrected chi connectivity index (χ2v) is 6.63. The van der Waals surface area contributed by atoms with E-state index in [0.717, 1.165) is 31.0 Å². The zero-order chi connectivity index (χ0) is 15.7. The summed E-state index contributed by atoms with van der Waals surface area (Å²) in [5, 5.41) is 3.52. The summed E-state index contributed by atoms with van der Waals surface area (Å²) in [7, 11) is 0. The summed E-state index contributed by atoms with van der Waals surface area (Å²) >= 11 is 0. The minimum atomic E-state index is 0.195. The van der Waals surface area contributed by atoms with E-state index in [0.29, 0.717) is 0 Å². The van der Waals surface area contributed by atoms with E-state index < -0.39 is 0 Å². The zero-order valence-corrected chi connectivity index (χ0v) is 13.6. The molecular formula is C20H23N3. The molecule has 0 atom stereocenters. The molecule has 2 aromatic carbocycles. The molecule has 0 saturated carbocycles. The molecule has 1 aromatic heterocycles. The van der Waals surface area contributed by atoms with Crippen molar-refractivity contribution in [1.29, 1.82) is 0 Å². The molecule has 1 saturated heterocycles. The number of aromatic nitrogens is 2. The molecular weight excluding hydrogens is 282 g/mol. The molecule has 1 fully saturated rings. The number of rotatable bonds is 3. The lowest BCUT2D eigenvalue weighted by molar-refractivity contribution is 0.270. The van der Waals surface area contributed by atoms with Gasteiger partial charge in [0.2, 0.25) is 0 Å². The molecule has 118 valence electrons. The third-order valence-electron chi connectivity index (χ3n) is 5.25. The number of benzene rings is 2. The molecule has 0 radical (unpaired) electrons. The van der Waals surface area contributed by atoms with E-state index in [-0.39, 0.29) is 5.41 Å². The third kappa shape index (κ3) is 2.55. The maximum atomic E-state index is 4.75. The number of hydrogen-bond acceptors (Lipinski definition) is 2. The number of imidazole rings is 1. The van der Waals surface area contributed by atoms with Gasteiger partial charge in [0.05, 0.1) is 11.0 Å². The molecule has 1 N–H and O–H groups in total. The molecule has 1 aliphatic heterocycles. The van der Waals surface area contributed by atoms with Gasteiger partial charge in [-0.05, 0) is 50.6 Å². The predicted octanol–water partition coefficient (Wildman–Crippen LogP) is 3.67. The Morgan fingerprint density at radius 1 is 1.00 bits per heavy atom. The van der Waals surface area contributed by atoms with Crippen LogP contribution in [-0.4, -0.2) is 22.6 Å². The Kier molecular flexibility index (Phi) is 3.66. The van der Waals surface area contributed by atoms with Crippen LogP contribution in [0.2, 0.25) is 0 Å². The molecule has 3 aromatic rings. The van der Waals surface area contributed by atoms with Gasteiger partial charge in [0.1, 0.15) is 5.82 Å². The fraction of sp³-hybridized carbons (Fsp3) is 0.350. The second kappa shape index (κ2) is 5.82. The van der Waals surface area contributed by atoms with E-state index in [4.69, 9.17) is 4.98 Å². The molecule has 3 nitrogen and oxygen atoms in total. The molecule has 0 spiro atoms. The third-order valence-corrected chi connectivity index (χ3v) is 5.25. The first-order chi connectivity index (χ1) is 11.3. The van der Waals surface area contributed by atoms with Gasteiger partial charge in [0.15, 0.2) is 0 Å². The molecule has 4 rings (SSSR count). The quantitative estimate of drug-likeness (QED) is 0.800. The summed E-state index contributed by atoms with van der Waals surface area (Å²) in [5.74, 6) is 1.11. The first-order valence-corrected chi connectivity index (χ1v) is 8.47. The Morgan fingerprint density at radius 2 is 1.70 bits per heavy atom. The summed E-state index contributed by atoms with van der Waals surface area (Å²) in [6.07, 6.45) is 2.34. The molecule has 0 unspecified atom stereocenters. The van der Waals surface area contributed by atoms with Crippen molar-refractivity contribution >= 4 is 11.0 Å². The highest BCUT2D eigenvalue weighted by Crippen LogP contribution is 2.36. The monoisotopic (exact) mass is 305 g/mol. The van der Waals surface area contributed by atoms with Crippen molar-refractivity contribution in [1.82, 2.24) is 14.9 Å². The lowest BCUT2D eigenvalue weighted by Crippen LogP contribution is -2.43. The van der Waals surface area contributed by atoms with Gasteiger partial charge >= 0.3 is 0 Å². The number of nitrogens with zero attached hydrogens (tertiary/aromatic N) is 2. The summed E-state index contributed by atoms with van der Waals surface area (Å²) in [4.78, 5) is 4.75. The van der Waals surface area contributed by atoms with Crippen LogP contribution in [0.15, 0.2) is 54.6 Å². The van der Waals surface area contributed by atoms with Crippen molar-refractivity contribution in [2.45, 2.75) is 31.7 Å². The number of nitrogens with one attached hydrogen (secondary N) is 1.